The number of hydrazine groups is 1. The highest BCUT2D eigenvalue weighted by Crippen LogP contribution is 2.25. The lowest BCUT2D eigenvalue weighted by molar-refractivity contribution is -0.384. The van der Waals surface area contributed by atoms with Crippen LogP contribution < -0.4 is 11.3 Å². The van der Waals surface area contributed by atoms with Crippen molar-refractivity contribution >= 4 is 11.4 Å². The highest BCUT2D eigenvalue weighted by molar-refractivity contribution is 5.62. The molecule has 0 atom stereocenters. The van der Waals surface area contributed by atoms with Gasteiger partial charge in [-0.3, -0.25) is 25.8 Å². The van der Waals surface area contributed by atoms with Gasteiger partial charge < -0.3 is 5.43 Å². The predicted octanol–water partition coefficient (Wildman–Crippen LogP) is 1.91. The van der Waals surface area contributed by atoms with E-state index in [0.717, 1.165) is 17.7 Å². The molecule has 0 aliphatic carbocycles. The number of nitrogen functional groups attached to an aromatic ring is 1. The molecule has 1 heterocycles. The van der Waals surface area contributed by atoms with Crippen LogP contribution in [0.15, 0.2) is 42.7 Å². The third kappa shape index (κ3) is 3.98. The van der Waals surface area contributed by atoms with Crippen molar-refractivity contribution in [3.63, 3.8) is 0 Å². The summed E-state index contributed by atoms with van der Waals surface area (Å²) in [6.07, 6.45) is 3.55. The average molecular weight is 287 g/mol. The normalized spacial score (nSPS) is 10.6. The summed E-state index contributed by atoms with van der Waals surface area (Å²) in [7, 11) is 1.98. The number of nitrogens with two attached hydrogens (primary N) is 1. The van der Waals surface area contributed by atoms with Gasteiger partial charge in [0.1, 0.15) is 5.69 Å². The first-order valence-electron chi connectivity index (χ1n) is 6.41. The minimum Gasteiger partial charge on any atom is -0.318 e. The molecule has 0 aliphatic heterocycles. The summed E-state index contributed by atoms with van der Waals surface area (Å²) in [6, 6.07) is 8.79. The fraction of sp³-hybridized carbons (Fsp3) is 0.214. The summed E-state index contributed by atoms with van der Waals surface area (Å²) in [4.78, 5) is 16.6. The summed E-state index contributed by atoms with van der Waals surface area (Å²) < 4.78 is 0. The van der Waals surface area contributed by atoms with Crippen LogP contribution in [0.1, 0.15) is 11.1 Å². The molecular formula is C14H17N5O2. The van der Waals surface area contributed by atoms with E-state index in [0.29, 0.717) is 12.2 Å². The fourth-order valence-corrected chi connectivity index (χ4v) is 2.13. The number of pyridine rings is 1. The van der Waals surface area contributed by atoms with E-state index in [4.69, 9.17) is 5.84 Å². The molecule has 2 aromatic rings. The van der Waals surface area contributed by atoms with Gasteiger partial charge in [-0.25, -0.2) is 0 Å². The standard InChI is InChI=1S/C14H17N5O2/c1-18(10-12-3-2-6-16-8-12)9-11-4-5-14(19(20)21)13(7-11)17-15/h2-8,17H,9-10,15H2,1H3. The maximum atomic E-state index is 10.8. The molecule has 2 rings (SSSR count). The largest absolute Gasteiger partial charge is 0.318 e. The molecule has 0 radical (unpaired) electrons. The number of nitrogens with zero attached hydrogens (tertiary/aromatic N) is 3. The van der Waals surface area contributed by atoms with Gasteiger partial charge in [-0.05, 0) is 30.3 Å². The Labute approximate surface area is 122 Å². The molecule has 3 N–H and O–H groups in total. The van der Waals surface area contributed by atoms with E-state index in [9.17, 15) is 10.1 Å². The maximum Gasteiger partial charge on any atom is 0.293 e. The van der Waals surface area contributed by atoms with Crippen LogP contribution in [-0.2, 0) is 13.1 Å². The monoisotopic (exact) mass is 287 g/mol. The molecule has 0 amide bonds. The van der Waals surface area contributed by atoms with Gasteiger partial charge >= 0.3 is 0 Å². The van der Waals surface area contributed by atoms with Gasteiger partial charge in [0.05, 0.1) is 4.92 Å². The summed E-state index contributed by atoms with van der Waals surface area (Å²) >= 11 is 0. The number of benzene rings is 1. The molecule has 0 unspecified atom stereocenters. The minimum absolute atomic E-state index is 0.0313. The third-order valence-corrected chi connectivity index (χ3v) is 3.04. The Hall–Kier alpha value is -2.51. The third-order valence-electron chi connectivity index (χ3n) is 3.04. The van der Waals surface area contributed by atoms with Gasteiger partial charge in [0.15, 0.2) is 0 Å². The molecule has 7 nitrogen and oxygen atoms in total. The molecule has 110 valence electrons. The number of rotatable bonds is 6. The van der Waals surface area contributed by atoms with Gasteiger partial charge in [0.25, 0.3) is 5.69 Å². The second-order valence-electron chi connectivity index (χ2n) is 4.79. The molecule has 0 saturated heterocycles. The molecule has 21 heavy (non-hydrogen) atoms. The number of hydrogen-bond donors (Lipinski definition) is 2. The van der Waals surface area contributed by atoms with Crippen molar-refractivity contribution in [1.82, 2.24) is 9.88 Å². The topological polar surface area (TPSA) is 97.3 Å². The van der Waals surface area contributed by atoms with Crippen LogP contribution in [0.2, 0.25) is 0 Å². The first-order valence-corrected chi connectivity index (χ1v) is 6.41. The van der Waals surface area contributed by atoms with Crippen molar-refractivity contribution in [2.24, 2.45) is 5.84 Å². The Morgan fingerprint density at radius 1 is 1.33 bits per heavy atom. The Bertz CT molecular complexity index is 618. The Morgan fingerprint density at radius 3 is 2.71 bits per heavy atom. The number of nitro groups is 1. The van der Waals surface area contributed by atoms with Gasteiger partial charge in [-0.1, -0.05) is 12.1 Å². The van der Waals surface area contributed by atoms with Crippen molar-refractivity contribution < 1.29 is 4.92 Å². The Morgan fingerprint density at radius 2 is 2.10 bits per heavy atom. The highest BCUT2D eigenvalue weighted by atomic mass is 16.6. The van der Waals surface area contributed by atoms with Crippen molar-refractivity contribution in [2.75, 3.05) is 12.5 Å². The van der Waals surface area contributed by atoms with Crippen molar-refractivity contribution in [3.05, 3.63) is 64.0 Å². The lowest BCUT2D eigenvalue weighted by atomic mass is 10.1. The smallest absolute Gasteiger partial charge is 0.293 e. The van der Waals surface area contributed by atoms with Crippen molar-refractivity contribution in [3.8, 4) is 0 Å². The number of aromatic nitrogens is 1. The molecule has 7 heteroatoms. The van der Waals surface area contributed by atoms with Crippen LogP contribution in [0.5, 0.6) is 0 Å². The molecule has 1 aromatic carbocycles. The number of anilines is 1. The van der Waals surface area contributed by atoms with E-state index in [-0.39, 0.29) is 5.69 Å². The van der Waals surface area contributed by atoms with E-state index in [1.807, 2.05) is 25.4 Å². The van der Waals surface area contributed by atoms with Crippen LogP contribution in [0.4, 0.5) is 11.4 Å². The Kier molecular flexibility index (Phi) is 4.81. The lowest BCUT2D eigenvalue weighted by Crippen LogP contribution is -2.18. The molecule has 0 fully saturated rings. The van der Waals surface area contributed by atoms with Crippen molar-refractivity contribution in [1.29, 1.82) is 0 Å². The van der Waals surface area contributed by atoms with Gasteiger partial charge in [0, 0.05) is 31.5 Å². The quantitative estimate of drug-likeness (QED) is 0.478. The molecule has 0 aliphatic rings. The zero-order chi connectivity index (χ0) is 15.2. The number of hydrogen-bond acceptors (Lipinski definition) is 6. The average Bonchev–Trinajstić information content (AvgIpc) is 2.47. The second-order valence-corrected chi connectivity index (χ2v) is 4.79. The van der Waals surface area contributed by atoms with E-state index >= 15 is 0 Å². The van der Waals surface area contributed by atoms with E-state index in [1.54, 1.807) is 18.3 Å². The summed E-state index contributed by atoms with van der Waals surface area (Å²) in [5.41, 5.74) is 4.71. The molecule has 0 bridgehead atoms. The first kappa shape index (κ1) is 14.9. The fourth-order valence-electron chi connectivity index (χ4n) is 2.13. The van der Waals surface area contributed by atoms with Crippen LogP contribution in [0.25, 0.3) is 0 Å². The molecule has 0 saturated carbocycles. The van der Waals surface area contributed by atoms with Crippen molar-refractivity contribution in [2.45, 2.75) is 13.1 Å². The summed E-state index contributed by atoms with van der Waals surface area (Å²) in [5, 5.41) is 10.8. The molecule has 0 spiro atoms. The van der Waals surface area contributed by atoms with Gasteiger partial charge in [0.2, 0.25) is 0 Å². The maximum absolute atomic E-state index is 10.8. The zero-order valence-corrected chi connectivity index (χ0v) is 11.7. The number of nitro benzene ring substituents is 1. The molecule has 1 aromatic heterocycles. The summed E-state index contributed by atoms with van der Waals surface area (Å²) in [5.74, 6) is 5.34. The lowest BCUT2D eigenvalue weighted by Gasteiger charge is -2.17. The van der Waals surface area contributed by atoms with Gasteiger partial charge in [-0.15, -0.1) is 0 Å². The minimum atomic E-state index is -0.460. The predicted molar refractivity (Wildman–Crippen MR) is 80.3 cm³/mol. The molecular weight excluding hydrogens is 270 g/mol. The highest BCUT2D eigenvalue weighted by Gasteiger charge is 2.13. The van der Waals surface area contributed by atoms with Crippen LogP contribution in [0.3, 0.4) is 0 Å². The second kappa shape index (κ2) is 6.78. The van der Waals surface area contributed by atoms with E-state index < -0.39 is 4.92 Å². The van der Waals surface area contributed by atoms with E-state index in [2.05, 4.69) is 15.3 Å². The zero-order valence-electron chi connectivity index (χ0n) is 11.7. The summed E-state index contributed by atoms with van der Waals surface area (Å²) in [6.45, 7) is 1.40. The Balaban J connectivity index is 2.07. The van der Waals surface area contributed by atoms with Crippen LogP contribution in [-0.4, -0.2) is 21.9 Å². The first-order chi connectivity index (χ1) is 10.1. The van der Waals surface area contributed by atoms with Crippen LogP contribution in [0, 0.1) is 10.1 Å². The SMILES string of the molecule is CN(Cc1cccnc1)Cc1ccc([N+](=O)[O-])c(NN)c1. The van der Waals surface area contributed by atoms with Gasteiger partial charge in [-0.2, -0.15) is 0 Å². The van der Waals surface area contributed by atoms with Crippen LogP contribution >= 0.6 is 0 Å². The van der Waals surface area contributed by atoms with E-state index in [1.165, 1.54) is 6.07 Å². The number of nitrogens with one attached hydrogen (secondary N) is 1.